The highest BCUT2D eigenvalue weighted by Crippen LogP contribution is 2.39. The van der Waals surface area contributed by atoms with Crippen molar-refractivity contribution in [3.63, 3.8) is 0 Å². The Morgan fingerprint density at radius 1 is 0.931 bits per heavy atom. The smallest absolute Gasteiger partial charge is 0.227 e. The molecular weight excluding hydrogens is 356 g/mol. The van der Waals surface area contributed by atoms with E-state index in [0.717, 1.165) is 18.5 Å². The predicted octanol–water partition coefficient (Wildman–Crippen LogP) is 5.41. The zero-order chi connectivity index (χ0) is 20.6. The Morgan fingerprint density at radius 3 is 2.00 bits per heavy atom. The van der Waals surface area contributed by atoms with Gasteiger partial charge < -0.3 is 10.2 Å². The summed E-state index contributed by atoms with van der Waals surface area (Å²) in [5.41, 5.74) is 2.54. The quantitative estimate of drug-likeness (QED) is 0.652. The summed E-state index contributed by atoms with van der Waals surface area (Å²) in [5.74, 6) is 1.43. The summed E-state index contributed by atoms with van der Waals surface area (Å²) in [7, 11) is 4.39. The molecule has 0 bridgehead atoms. The molecule has 0 aliphatic heterocycles. The van der Waals surface area contributed by atoms with Gasteiger partial charge in [-0.3, -0.25) is 4.79 Å². The minimum Gasteiger partial charge on any atom is -0.355 e. The molecule has 156 valence electrons. The van der Waals surface area contributed by atoms with Gasteiger partial charge in [-0.05, 0) is 69.2 Å². The van der Waals surface area contributed by atoms with E-state index in [1.54, 1.807) is 0 Å². The van der Waals surface area contributed by atoms with Crippen molar-refractivity contribution in [3.05, 3.63) is 71.8 Å². The highest BCUT2D eigenvalue weighted by molar-refractivity contribution is 5.83. The van der Waals surface area contributed by atoms with E-state index in [9.17, 15) is 4.79 Å². The lowest BCUT2D eigenvalue weighted by molar-refractivity contribution is -0.122. The second kappa shape index (κ2) is 10.6. The van der Waals surface area contributed by atoms with Crippen molar-refractivity contribution in [3.8, 4) is 0 Å². The van der Waals surface area contributed by atoms with Crippen LogP contribution in [0.1, 0.15) is 62.1 Å². The van der Waals surface area contributed by atoms with Crippen LogP contribution in [-0.4, -0.2) is 31.4 Å². The van der Waals surface area contributed by atoms with Gasteiger partial charge in [-0.2, -0.15) is 0 Å². The van der Waals surface area contributed by atoms with Gasteiger partial charge in [0.1, 0.15) is 0 Å². The van der Waals surface area contributed by atoms with Gasteiger partial charge in [0.25, 0.3) is 0 Å². The number of hydrogen-bond donors (Lipinski definition) is 1. The van der Waals surface area contributed by atoms with Crippen LogP contribution in [0.15, 0.2) is 60.7 Å². The van der Waals surface area contributed by atoms with E-state index in [0.29, 0.717) is 17.9 Å². The summed E-state index contributed by atoms with van der Waals surface area (Å²) >= 11 is 0. The van der Waals surface area contributed by atoms with Crippen LogP contribution < -0.4 is 5.32 Å². The zero-order valence-electron chi connectivity index (χ0n) is 18.2. The van der Waals surface area contributed by atoms with Gasteiger partial charge in [-0.25, -0.2) is 0 Å². The number of nitrogens with zero attached hydrogens (tertiary/aromatic N) is 1. The number of hydrogen-bond acceptors (Lipinski definition) is 2. The van der Waals surface area contributed by atoms with Crippen molar-refractivity contribution in [1.29, 1.82) is 0 Å². The molecule has 3 nitrogen and oxygen atoms in total. The molecule has 1 aliphatic rings. The first-order valence-corrected chi connectivity index (χ1v) is 11.1. The molecule has 1 N–H and O–H groups in total. The first-order chi connectivity index (χ1) is 14.1. The Hall–Kier alpha value is -2.13. The largest absolute Gasteiger partial charge is 0.355 e. The lowest BCUT2D eigenvalue weighted by Crippen LogP contribution is -2.36. The van der Waals surface area contributed by atoms with Gasteiger partial charge in [0.05, 0.1) is 5.92 Å². The van der Waals surface area contributed by atoms with E-state index < -0.39 is 0 Å². The van der Waals surface area contributed by atoms with Crippen molar-refractivity contribution < 1.29 is 4.79 Å². The monoisotopic (exact) mass is 392 g/mol. The van der Waals surface area contributed by atoms with Crippen LogP contribution in [0.5, 0.6) is 0 Å². The molecule has 1 saturated carbocycles. The van der Waals surface area contributed by atoms with Gasteiger partial charge >= 0.3 is 0 Å². The number of nitrogens with one attached hydrogen (secondary N) is 1. The summed E-state index contributed by atoms with van der Waals surface area (Å²) in [5, 5.41) is 3.25. The Kier molecular flexibility index (Phi) is 7.88. The van der Waals surface area contributed by atoms with Crippen molar-refractivity contribution in [2.24, 2.45) is 11.8 Å². The minimum absolute atomic E-state index is 0.0382. The molecular formula is C26H36N2O. The van der Waals surface area contributed by atoms with Crippen molar-refractivity contribution in [2.45, 2.75) is 51.0 Å². The molecule has 1 aliphatic carbocycles. The lowest BCUT2D eigenvalue weighted by atomic mass is 9.76. The molecule has 0 aromatic heterocycles. The molecule has 3 rings (SSSR count). The molecule has 0 spiro atoms. The molecule has 0 radical (unpaired) electrons. The maximum absolute atomic E-state index is 12.7. The molecule has 2 atom stereocenters. The average Bonchev–Trinajstić information content (AvgIpc) is 2.75. The second-order valence-corrected chi connectivity index (χ2v) is 8.72. The molecule has 0 heterocycles. The van der Waals surface area contributed by atoms with Gasteiger partial charge in [-0.1, -0.05) is 67.6 Å². The Morgan fingerprint density at radius 2 is 1.48 bits per heavy atom. The van der Waals surface area contributed by atoms with Crippen LogP contribution in [0.25, 0.3) is 0 Å². The summed E-state index contributed by atoms with van der Waals surface area (Å²) in [4.78, 5) is 15.1. The molecule has 0 saturated heterocycles. The molecule has 3 heteroatoms. The van der Waals surface area contributed by atoms with Crippen LogP contribution in [-0.2, 0) is 4.79 Å². The fourth-order valence-electron chi connectivity index (χ4n) is 4.98. The molecule has 1 amide bonds. The lowest BCUT2D eigenvalue weighted by Gasteiger charge is -2.37. The standard InChI is InChI=1S/C26H36N2O/c1-4-24(21-11-7-5-8-12-21)26(29)27-19-20-15-17-23(18-16-20)25(28(2)3)22-13-9-6-10-14-22/h5-14,20,23-25H,4,15-19H2,1-3H3,(H,27,29). The fraction of sp³-hybridized carbons (Fsp3) is 0.500. The van der Waals surface area contributed by atoms with E-state index in [2.05, 4.69) is 73.7 Å². The Balaban J connectivity index is 1.51. The van der Waals surface area contributed by atoms with Crippen molar-refractivity contribution in [1.82, 2.24) is 10.2 Å². The summed E-state index contributed by atoms with van der Waals surface area (Å²) in [6.07, 6.45) is 5.70. The molecule has 2 aromatic rings. The first-order valence-electron chi connectivity index (χ1n) is 11.1. The molecule has 29 heavy (non-hydrogen) atoms. The van der Waals surface area contributed by atoms with Crippen molar-refractivity contribution in [2.75, 3.05) is 20.6 Å². The predicted molar refractivity (Wildman–Crippen MR) is 121 cm³/mol. The third-order valence-corrected chi connectivity index (χ3v) is 6.53. The Bertz CT molecular complexity index is 736. The Labute approximate surface area is 176 Å². The molecule has 1 fully saturated rings. The van der Waals surface area contributed by atoms with Crippen molar-refractivity contribution >= 4 is 5.91 Å². The zero-order valence-corrected chi connectivity index (χ0v) is 18.2. The summed E-state index contributed by atoms with van der Waals surface area (Å²) in [6.45, 7) is 2.90. The summed E-state index contributed by atoms with van der Waals surface area (Å²) in [6, 6.07) is 21.5. The second-order valence-electron chi connectivity index (χ2n) is 8.72. The number of benzene rings is 2. The maximum atomic E-state index is 12.7. The third-order valence-electron chi connectivity index (χ3n) is 6.53. The van der Waals surface area contributed by atoms with E-state index in [1.807, 2.05) is 18.2 Å². The third kappa shape index (κ3) is 5.70. The van der Waals surface area contributed by atoms with Gasteiger partial charge in [0.2, 0.25) is 5.91 Å². The fourth-order valence-corrected chi connectivity index (χ4v) is 4.98. The maximum Gasteiger partial charge on any atom is 0.227 e. The number of carbonyl (C=O) groups excluding carboxylic acids is 1. The van der Waals surface area contributed by atoms with E-state index in [4.69, 9.17) is 0 Å². The topological polar surface area (TPSA) is 32.3 Å². The summed E-state index contributed by atoms with van der Waals surface area (Å²) < 4.78 is 0. The minimum atomic E-state index is -0.0382. The SMILES string of the molecule is CCC(C(=O)NCC1CCC(C(c2ccccc2)N(C)C)CC1)c1ccccc1. The number of carbonyl (C=O) groups is 1. The highest BCUT2D eigenvalue weighted by atomic mass is 16.1. The molecule has 2 unspecified atom stereocenters. The first kappa shape index (κ1) is 21.6. The van der Waals surface area contributed by atoms with E-state index >= 15 is 0 Å². The van der Waals surface area contributed by atoms with E-state index in [-0.39, 0.29) is 11.8 Å². The van der Waals surface area contributed by atoms with E-state index in [1.165, 1.54) is 31.2 Å². The van der Waals surface area contributed by atoms with Crippen LogP contribution >= 0.6 is 0 Å². The molecule has 2 aromatic carbocycles. The number of amides is 1. The normalized spacial score (nSPS) is 21.5. The van der Waals surface area contributed by atoms with Gasteiger partial charge in [0.15, 0.2) is 0 Å². The van der Waals surface area contributed by atoms with Crippen LogP contribution in [0.2, 0.25) is 0 Å². The van der Waals surface area contributed by atoms with Crippen LogP contribution in [0.3, 0.4) is 0 Å². The average molecular weight is 393 g/mol. The highest BCUT2D eigenvalue weighted by Gasteiger charge is 2.30. The van der Waals surface area contributed by atoms with Gasteiger partial charge in [-0.15, -0.1) is 0 Å². The van der Waals surface area contributed by atoms with Crippen LogP contribution in [0, 0.1) is 11.8 Å². The van der Waals surface area contributed by atoms with Crippen LogP contribution in [0.4, 0.5) is 0 Å². The number of rotatable bonds is 8. The van der Waals surface area contributed by atoms with Gasteiger partial charge in [0, 0.05) is 12.6 Å².